The third kappa shape index (κ3) is 3.84. The summed E-state index contributed by atoms with van der Waals surface area (Å²) >= 11 is 6.25. The van der Waals surface area contributed by atoms with Crippen molar-refractivity contribution in [1.82, 2.24) is 5.32 Å². The maximum absolute atomic E-state index is 12.5. The van der Waals surface area contributed by atoms with E-state index >= 15 is 0 Å². The van der Waals surface area contributed by atoms with Crippen LogP contribution in [-0.4, -0.2) is 17.3 Å². The third-order valence-corrected chi connectivity index (χ3v) is 5.92. The smallest absolute Gasteiger partial charge is 0.251 e. The van der Waals surface area contributed by atoms with Gasteiger partial charge in [0.1, 0.15) is 0 Å². The zero-order valence-corrected chi connectivity index (χ0v) is 13.9. The van der Waals surface area contributed by atoms with Crippen LogP contribution in [0.1, 0.15) is 61.7 Å². The molecule has 1 aromatic rings. The van der Waals surface area contributed by atoms with E-state index in [1.54, 1.807) is 0 Å². The highest BCUT2D eigenvalue weighted by atomic mass is 35.5. The third-order valence-electron chi connectivity index (χ3n) is 5.48. The molecule has 0 heterocycles. The molecule has 0 bridgehead atoms. The molecule has 2 nitrogen and oxygen atoms in total. The van der Waals surface area contributed by atoms with E-state index in [1.165, 1.54) is 32.1 Å². The highest BCUT2D eigenvalue weighted by Gasteiger charge is 2.34. The minimum absolute atomic E-state index is 0.0866. The maximum atomic E-state index is 12.5. The van der Waals surface area contributed by atoms with Crippen LogP contribution in [-0.2, 0) is 0 Å². The molecule has 1 N–H and O–H groups in total. The lowest BCUT2D eigenvalue weighted by molar-refractivity contribution is 0.0860. The van der Waals surface area contributed by atoms with Crippen LogP contribution >= 0.6 is 11.6 Å². The van der Waals surface area contributed by atoms with E-state index in [2.05, 4.69) is 5.32 Å². The molecule has 1 amide bonds. The van der Waals surface area contributed by atoms with Crippen LogP contribution in [0, 0.1) is 11.8 Å². The van der Waals surface area contributed by atoms with Gasteiger partial charge < -0.3 is 5.32 Å². The molecule has 2 aliphatic carbocycles. The summed E-state index contributed by atoms with van der Waals surface area (Å²) < 4.78 is 0. The Bertz CT molecular complexity index is 481. The number of halogens is 1. The maximum Gasteiger partial charge on any atom is 0.251 e. The SMILES string of the molecule is O=C(NC1CCCCC1C1CCC(Cl)CC1)c1ccccc1. The quantitative estimate of drug-likeness (QED) is 0.799. The van der Waals surface area contributed by atoms with Gasteiger partial charge in [-0.15, -0.1) is 11.6 Å². The molecule has 3 heteroatoms. The molecule has 3 rings (SSSR count). The van der Waals surface area contributed by atoms with Crippen LogP contribution in [0.5, 0.6) is 0 Å². The van der Waals surface area contributed by atoms with Gasteiger partial charge in [0.05, 0.1) is 0 Å². The van der Waals surface area contributed by atoms with Gasteiger partial charge in [0.2, 0.25) is 0 Å². The number of rotatable bonds is 3. The number of alkyl halides is 1. The van der Waals surface area contributed by atoms with Crippen molar-refractivity contribution < 1.29 is 4.79 Å². The van der Waals surface area contributed by atoms with Gasteiger partial charge in [-0.05, 0) is 62.5 Å². The number of nitrogens with one attached hydrogen (secondary N) is 1. The molecule has 0 saturated heterocycles. The molecule has 1 aromatic carbocycles. The van der Waals surface area contributed by atoms with E-state index in [0.717, 1.165) is 30.7 Å². The Morgan fingerprint density at radius 2 is 1.64 bits per heavy atom. The predicted molar refractivity (Wildman–Crippen MR) is 91.3 cm³/mol. The fraction of sp³-hybridized carbons (Fsp3) is 0.632. The lowest BCUT2D eigenvalue weighted by Gasteiger charge is -2.40. The first kappa shape index (κ1) is 15.9. The molecule has 2 fully saturated rings. The summed E-state index contributed by atoms with van der Waals surface area (Å²) in [7, 11) is 0. The minimum atomic E-state index is 0.0866. The molecule has 22 heavy (non-hydrogen) atoms. The molecule has 120 valence electrons. The van der Waals surface area contributed by atoms with Crippen molar-refractivity contribution in [1.29, 1.82) is 0 Å². The zero-order chi connectivity index (χ0) is 15.4. The number of benzene rings is 1. The Morgan fingerprint density at radius 3 is 2.36 bits per heavy atom. The minimum Gasteiger partial charge on any atom is -0.349 e. The van der Waals surface area contributed by atoms with E-state index in [1.807, 2.05) is 30.3 Å². The van der Waals surface area contributed by atoms with Crippen LogP contribution in [0.15, 0.2) is 30.3 Å². The van der Waals surface area contributed by atoms with E-state index in [-0.39, 0.29) is 5.91 Å². The number of hydrogen-bond acceptors (Lipinski definition) is 1. The Hall–Kier alpha value is -1.02. The van der Waals surface area contributed by atoms with Gasteiger partial charge in [-0.3, -0.25) is 4.79 Å². The molecule has 2 saturated carbocycles. The van der Waals surface area contributed by atoms with Gasteiger partial charge in [0.15, 0.2) is 0 Å². The van der Waals surface area contributed by atoms with Crippen molar-refractivity contribution in [2.45, 2.75) is 62.8 Å². The molecule has 0 aromatic heterocycles. The average Bonchev–Trinajstić information content (AvgIpc) is 2.57. The van der Waals surface area contributed by atoms with Gasteiger partial charge in [0.25, 0.3) is 5.91 Å². The van der Waals surface area contributed by atoms with Crippen molar-refractivity contribution in [3.05, 3.63) is 35.9 Å². The summed E-state index contributed by atoms with van der Waals surface area (Å²) in [5, 5.41) is 3.69. The first-order valence-corrected chi connectivity index (χ1v) is 9.17. The number of hydrogen-bond donors (Lipinski definition) is 1. The molecule has 2 atom stereocenters. The van der Waals surface area contributed by atoms with Crippen molar-refractivity contribution >= 4 is 17.5 Å². The summed E-state index contributed by atoms with van der Waals surface area (Å²) in [4.78, 5) is 12.5. The molecule has 0 radical (unpaired) electrons. The largest absolute Gasteiger partial charge is 0.349 e. The second-order valence-corrected chi connectivity index (χ2v) is 7.52. The van der Waals surface area contributed by atoms with Crippen molar-refractivity contribution in [3.63, 3.8) is 0 Å². The molecular formula is C19H26ClNO. The molecule has 0 aliphatic heterocycles. The topological polar surface area (TPSA) is 29.1 Å². The van der Waals surface area contributed by atoms with Gasteiger partial charge in [-0.1, -0.05) is 31.0 Å². The van der Waals surface area contributed by atoms with Gasteiger partial charge >= 0.3 is 0 Å². The summed E-state index contributed by atoms with van der Waals surface area (Å²) in [5.41, 5.74) is 0.774. The van der Waals surface area contributed by atoms with Crippen LogP contribution in [0.2, 0.25) is 0 Å². The molecule has 2 unspecified atom stereocenters. The lowest BCUT2D eigenvalue weighted by atomic mass is 9.71. The average molecular weight is 320 g/mol. The lowest BCUT2D eigenvalue weighted by Crippen LogP contribution is -2.45. The first-order valence-electron chi connectivity index (χ1n) is 8.74. The predicted octanol–water partition coefficient (Wildman–Crippen LogP) is 4.77. The summed E-state index contributed by atoms with van der Waals surface area (Å²) in [5.74, 6) is 1.48. The van der Waals surface area contributed by atoms with Crippen LogP contribution in [0.25, 0.3) is 0 Å². The normalized spacial score (nSPS) is 32.4. The second-order valence-electron chi connectivity index (χ2n) is 6.91. The number of carbonyl (C=O) groups excluding carboxylic acids is 1. The monoisotopic (exact) mass is 319 g/mol. The number of carbonyl (C=O) groups is 1. The van der Waals surface area contributed by atoms with Gasteiger partial charge in [0, 0.05) is 17.0 Å². The zero-order valence-electron chi connectivity index (χ0n) is 13.1. The van der Waals surface area contributed by atoms with Crippen molar-refractivity contribution in [2.24, 2.45) is 11.8 Å². The second kappa shape index (κ2) is 7.50. The van der Waals surface area contributed by atoms with Crippen LogP contribution < -0.4 is 5.32 Å². The van der Waals surface area contributed by atoms with Gasteiger partial charge in [-0.25, -0.2) is 0 Å². The Labute approximate surface area is 138 Å². The first-order chi connectivity index (χ1) is 10.7. The van der Waals surface area contributed by atoms with Gasteiger partial charge in [-0.2, -0.15) is 0 Å². The van der Waals surface area contributed by atoms with Crippen molar-refractivity contribution in [3.8, 4) is 0 Å². The Morgan fingerprint density at radius 1 is 0.955 bits per heavy atom. The Kier molecular flexibility index (Phi) is 5.41. The standard InChI is InChI=1S/C19H26ClNO/c20-16-12-10-14(11-13-16)17-8-4-5-9-18(17)21-19(22)15-6-2-1-3-7-15/h1-3,6-7,14,16-18H,4-5,8-13H2,(H,21,22). The number of amides is 1. The van der Waals surface area contributed by atoms with E-state index in [4.69, 9.17) is 11.6 Å². The highest BCUT2D eigenvalue weighted by molar-refractivity contribution is 6.20. The van der Waals surface area contributed by atoms with E-state index in [0.29, 0.717) is 17.3 Å². The van der Waals surface area contributed by atoms with Crippen LogP contribution in [0.3, 0.4) is 0 Å². The van der Waals surface area contributed by atoms with Crippen LogP contribution in [0.4, 0.5) is 0 Å². The fourth-order valence-electron chi connectivity index (χ4n) is 4.25. The fourth-order valence-corrected chi connectivity index (χ4v) is 4.50. The summed E-state index contributed by atoms with van der Waals surface area (Å²) in [6.07, 6.45) is 9.68. The Balaban J connectivity index is 1.64. The molecular weight excluding hydrogens is 294 g/mol. The van der Waals surface area contributed by atoms with E-state index < -0.39 is 0 Å². The summed E-state index contributed by atoms with van der Waals surface area (Å²) in [6.45, 7) is 0. The van der Waals surface area contributed by atoms with Crippen molar-refractivity contribution in [2.75, 3.05) is 0 Å². The highest BCUT2D eigenvalue weighted by Crippen LogP contribution is 2.39. The molecule has 0 spiro atoms. The molecule has 2 aliphatic rings. The summed E-state index contributed by atoms with van der Waals surface area (Å²) in [6, 6.07) is 9.94. The van der Waals surface area contributed by atoms with E-state index in [9.17, 15) is 4.79 Å².